The third-order valence-electron chi connectivity index (χ3n) is 3.58. The molecule has 0 atom stereocenters. The third-order valence-corrected chi connectivity index (χ3v) is 3.58. The molecule has 1 aliphatic rings. The van der Waals surface area contributed by atoms with E-state index in [2.05, 4.69) is 15.1 Å². The highest BCUT2D eigenvalue weighted by atomic mass is 16.5. The second kappa shape index (κ2) is 6.23. The van der Waals surface area contributed by atoms with Gasteiger partial charge in [0, 0.05) is 25.9 Å². The summed E-state index contributed by atoms with van der Waals surface area (Å²) in [7, 11) is 0. The predicted octanol–water partition coefficient (Wildman–Crippen LogP) is 2.40. The van der Waals surface area contributed by atoms with E-state index in [0.717, 1.165) is 37.5 Å². The first-order valence-corrected chi connectivity index (χ1v) is 7.05. The number of hydrogen-bond donors (Lipinski definition) is 0. The number of benzene rings is 1. The van der Waals surface area contributed by atoms with Crippen LogP contribution in [0.15, 0.2) is 42.5 Å². The van der Waals surface area contributed by atoms with E-state index in [4.69, 9.17) is 10.00 Å². The summed E-state index contributed by atoms with van der Waals surface area (Å²) in [4.78, 5) is 2.18. The Morgan fingerprint density at radius 2 is 1.81 bits per heavy atom. The molecule has 1 aromatic heterocycles. The Bertz CT molecular complexity index is 613. The molecule has 3 rings (SSSR count). The summed E-state index contributed by atoms with van der Waals surface area (Å²) in [6.07, 6.45) is 2.16. The highest BCUT2D eigenvalue weighted by Gasteiger charge is 2.21. The Morgan fingerprint density at radius 3 is 2.43 bits per heavy atom. The maximum absolute atomic E-state index is 8.73. The Labute approximate surface area is 123 Å². The summed E-state index contributed by atoms with van der Waals surface area (Å²) < 4.78 is 5.97. The van der Waals surface area contributed by atoms with E-state index in [1.807, 2.05) is 42.5 Å². The van der Waals surface area contributed by atoms with Gasteiger partial charge in [-0.25, -0.2) is 0 Å². The lowest BCUT2D eigenvalue weighted by Crippen LogP contribution is -2.38. The number of ether oxygens (including phenoxy) is 1. The van der Waals surface area contributed by atoms with E-state index in [1.54, 1.807) is 6.07 Å². The largest absolute Gasteiger partial charge is 0.490 e. The zero-order chi connectivity index (χ0) is 14.5. The molecule has 5 heteroatoms. The van der Waals surface area contributed by atoms with Crippen molar-refractivity contribution in [2.45, 2.75) is 18.9 Å². The molecule has 0 radical (unpaired) electrons. The summed E-state index contributed by atoms with van der Waals surface area (Å²) in [6, 6.07) is 15.5. The van der Waals surface area contributed by atoms with Crippen LogP contribution in [0.25, 0.3) is 0 Å². The molecule has 21 heavy (non-hydrogen) atoms. The molecule has 1 fully saturated rings. The van der Waals surface area contributed by atoms with Crippen molar-refractivity contribution in [1.82, 2.24) is 10.2 Å². The first kappa shape index (κ1) is 13.4. The van der Waals surface area contributed by atoms with Crippen molar-refractivity contribution in [3.63, 3.8) is 0 Å². The average Bonchev–Trinajstić information content (AvgIpc) is 2.57. The summed E-state index contributed by atoms with van der Waals surface area (Å²) in [6.45, 7) is 1.77. The number of hydrogen-bond acceptors (Lipinski definition) is 5. The number of nitriles is 1. The molecule has 0 unspecified atom stereocenters. The minimum absolute atomic E-state index is 0.245. The van der Waals surface area contributed by atoms with E-state index in [9.17, 15) is 0 Å². The van der Waals surface area contributed by atoms with Crippen LogP contribution in [-0.2, 0) is 0 Å². The summed E-state index contributed by atoms with van der Waals surface area (Å²) in [5, 5.41) is 16.7. The molecule has 0 spiro atoms. The second-order valence-corrected chi connectivity index (χ2v) is 5.01. The Morgan fingerprint density at radius 1 is 1.05 bits per heavy atom. The molecule has 1 saturated heterocycles. The number of piperidine rings is 1. The van der Waals surface area contributed by atoms with E-state index < -0.39 is 0 Å². The lowest BCUT2D eigenvalue weighted by Gasteiger charge is -2.32. The molecule has 1 aliphatic heterocycles. The van der Waals surface area contributed by atoms with Gasteiger partial charge in [-0.05, 0) is 24.3 Å². The number of anilines is 1. The molecule has 106 valence electrons. The van der Waals surface area contributed by atoms with Crippen LogP contribution < -0.4 is 9.64 Å². The normalized spacial score (nSPS) is 15.5. The molecule has 0 saturated carbocycles. The van der Waals surface area contributed by atoms with E-state index in [1.165, 1.54) is 0 Å². The predicted molar refractivity (Wildman–Crippen MR) is 79.1 cm³/mol. The second-order valence-electron chi connectivity index (χ2n) is 5.01. The zero-order valence-electron chi connectivity index (χ0n) is 11.6. The molecule has 0 bridgehead atoms. The van der Waals surface area contributed by atoms with Crippen molar-refractivity contribution >= 4 is 5.82 Å². The van der Waals surface area contributed by atoms with E-state index in [0.29, 0.717) is 5.69 Å². The van der Waals surface area contributed by atoms with Crippen LogP contribution in [0.3, 0.4) is 0 Å². The molecule has 0 amide bonds. The van der Waals surface area contributed by atoms with Gasteiger partial charge in [-0.3, -0.25) is 0 Å². The van der Waals surface area contributed by atoms with Crippen LogP contribution >= 0.6 is 0 Å². The lowest BCUT2D eigenvalue weighted by molar-refractivity contribution is 0.170. The average molecular weight is 280 g/mol. The smallest absolute Gasteiger partial charge is 0.163 e. The molecule has 2 heterocycles. The zero-order valence-corrected chi connectivity index (χ0v) is 11.6. The van der Waals surface area contributed by atoms with Gasteiger partial charge in [0.1, 0.15) is 17.9 Å². The highest BCUT2D eigenvalue weighted by molar-refractivity contribution is 5.39. The lowest BCUT2D eigenvalue weighted by atomic mass is 10.1. The van der Waals surface area contributed by atoms with Crippen molar-refractivity contribution in [3.05, 3.63) is 48.2 Å². The van der Waals surface area contributed by atoms with Gasteiger partial charge < -0.3 is 9.64 Å². The van der Waals surface area contributed by atoms with Gasteiger partial charge in [0.15, 0.2) is 11.5 Å². The number of para-hydroxylation sites is 1. The summed E-state index contributed by atoms with van der Waals surface area (Å²) in [5.74, 6) is 1.75. The van der Waals surface area contributed by atoms with Gasteiger partial charge in [-0.2, -0.15) is 5.26 Å². The molecule has 2 aromatic rings. The van der Waals surface area contributed by atoms with Crippen LogP contribution in [0.2, 0.25) is 0 Å². The van der Waals surface area contributed by atoms with Gasteiger partial charge in [0.2, 0.25) is 0 Å². The fourth-order valence-corrected chi connectivity index (χ4v) is 2.45. The SMILES string of the molecule is N#Cc1ccc(N2CCC(Oc3ccccc3)CC2)nn1. The standard InChI is InChI=1S/C16H16N4O/c17-12-13-6-7-16(19-18-13)20-10-8-15(9-11-20)21-14-4-2-1-3-5-14/h1-7,15H,8-11H2. The van der Waals surface area contributed by atoms with Gasteiger partial charge in [0.25, 0.3) is 0 Å². The topological polar surface area (TPSA) is 62.0 Å². The van der Waals surface area contributed by atoms with Crippen LogP contribution in [0.1, 0.15) is 18.5 Å². The van der Waals surface area contributed by atoms with Gasteiger partial charge in [-0.15, -0.1) is 10.2 Å². The minimum atomic E-state index is 0.245. The van der Waals surface area contributed by atoms with Crippen LogP contribution in [0, 0.1) is 11.3 Å². The van der Waals surface area contributed by atoms with Crippen molar-refractivity contribution in [3.8, 4) is 11.8 Å². The molecule has 1 aromatic carbocycles. The number of rotatable bonds is 3. The fourth-order valence-electron chi connectivity index (χ4n) is 2.45. The Hall–Kier alpha value is -2.61. The van der Waals surface area contributed by atoms with E-state index in [-0.39, 0.29) is 6.10 Å². The molecular formula is C16H16N4O. The molecule has 0 aliphatic carbocycles. The van der Waals surface area contributed by atoms with Gasteiger partial charge in [-0.1, -0.05) is 18.2 Å². The first-order chi connectivity index (χ1) is 10.3. The molecule has 0 N–H and O–H groups in total. The van der Waals surface area contributed by atoms with E-state index >= 15 is 0 Å². The van der Waals surface area contributed by atoms with Gasteiger partial charge in [0.05, 0.1) is 0 Å². The first-order valence-electron chi connectivity index (χ1n) is 7.05. The quantitative estimate of drug-likeness (QED) is 0.864. The maximum atomic E-state index is 8.73. The highest BCUT2D eigenvalue weighted by Crippen LogP contribution is 2.21. The number of aromatic nitrogens is 2. The van der Waals surface area contributed by atoms with Crippen molar-refractivity contribution in [2.24, 2.45) is 0 Å². The third kappa shape index (κ3) is 3.29. The van der Waals surface area contributed by atoms with Crippen molar-refractivity contribution < 1.29 is 4.74 Å². The van der Waals surface area contributed by atoms with Crippen LogP contribution in [0.4, 0.5) is 5.82 Å². The fraction of sp³-hybridized carbons (Fsp3) is 0.312. The molecule has 5 nitrogen and oxygen atoms in total. The number of nitrogens with zero attached hydrogens (tertiary/aromatic N) is 4. The van der Waals surface area contributed by atoms with Gasteiger partial charge >= 0.3 is 0 Å². The maximum Gasteiger partial charge on any atom is 0.163 e. The van der Waals surface area contributed by atoms with Crippen LogP contribution in [0.5, 0.6) is 5.75 Å². The molecular weight excluding hydrogens is 264 g/mol. The van der Waals surface area contributed by atoms with Crippen molar-refractivity contribution in [1.29, 1.82) is 5.26 Å². The summed E-state index contributed by atoms with van der Waals surface area (Å²) >= 11 is 0. The Kier molecular flexibility index (Phi) is 3.97. The minimum Gasteiger partial charge on any atom is -0.490 e. The van der Waals surface area contributed by atoms with Crippen LogP contribution in [-0.4, -0.2) is 29.4 Å². The Balaban J connectivity index is 1.56. The summed E-state index contributed by atoms with van der Waals surface area (Å²) in [5.41, 5.74) is 0.348. The van der Waals surface area contributed by atoms with Crippen molar-refractivity contribution in [2.75, 3.05) is 18.0 Å². The monoisotopic (exact) mass is 280 g/mol.